The molecule has 0 atom stereocenters. The van der Waals surface area contributed by atoms with Gasteiger partial charge >= 0.3 is 0 Å². The Labute approximate surface area is 165 Å². The number of hydrogen-bond donors (Lipinski definition) is 2. The lowest BCUT2D eigenvalue weighted by atomic mass is 9.53. The summed E-state index contributed by atoms with van der Waals surface area (Å²) in [5.74, 6) is 1.91. The lowest BCUT2D eigenvalue weighted by molar-refractivity contribution is -0.114. The van der Waals surface area contributed by atoms with Crippen molar-refractivity contribution < 1.29 is 13.2 Å². The van der Waals surface area contributed by atoms with Crippen LogP contribution in [0.5, 0.6) is 0 Å². The molecule has 4 fully saturated rings. The second kappa shape index (κ2) is 6.29. The van der Waals surface area contributed by atoms with E-state index in [1.165, 1.54) is 26.2 Å². The Bertz CT molecular complexity index is 1030. The van der Waals surface area contributed by atoms with Crippen molar-refractivity contribution in [3.8, 4) is 0 Å². The van der Waals surface area contributed by atoms with Gasteiger partial charge < -0.3 is 5.32 Å². The second-order valence-electron chi connectivity index (χ2n) is 9.17. The number of carbonyl (C=O) groups is 1. The van der Waals surface area contributed by atoms with E-state index in [0.717, 1.165) is 30.0 Å². The first kappa shape index (κ1) is 18.1. The Balaban J connectivity index is 1.46. The molecule has 2 aromatic rings. The number of sulfonamides is 1. The predicted molar refractivity (Wildman–Crippen MR) is 109 cm³/mol. The molecule has 5 nitrogen and oxygen atoms in total. The monoisotopic (exact) mass is 398 g/mol. The number of hydrogen-bond acceptors (Lipinski definition) is 3. The van der Waals surface area contributed by atoms with Crippen molar-refractivity contribution in [1.29, 1.82) is 0 Å². The van der Waals surface area contributed by atoms with Gasteiger partial charge in [-0.25, -0.2) is 13.1 Å². The maximum Gasteiger partial charge on any atom is 0.241 e. The van der Waals surface area contributed by atoms with E-state index < -0.39 is 10.0 Å². The normalized spacial score (nSPS) is 31.2. The Kier molecular flexibility index (Phi) is 4.07. The number of amides is 1. The fourth-order valence-corrected chi connectivity index (χ4v) is 7.77. The van der Waals surface area contributed by atoms with Crippen molar-refractivity contribution in [2.45, 2.75) is 55.9 Å². The van der Waals surface area contributed by atoms with Crippen molar-refractivity contribution in [2.75, 3.05) is 5.32 Å². The highest BCUT2D eigenvalue weighted by atomic mass is 32.2. The SMILES string of the molecule is CC(=O)Nc1cccc2cc(S(=O)(=O)NC34CC5CC(CC(C5)C3)C4)ccc12. The van der Waals surface area contributed by atoms with Gasteiger partial charge in [0.15, 0.2) is 0 Å². The zero-order valence-electron chi connectivity index (χ0n) is 16.1. The second-order valence-corrected chi connectivity index (χ2v) is 10.9. The minimum absolute atomic E-state index is 0.146. The molecular weight excluding hydrogens is 372 g/mol. The molecule has 0 unspecified atom stereocenters. The average molecular weight is 399 g/mol. The summed E-state index contributed by atoms with van der Waals surface area (Å²) >= 11 is 0. The molecule has 0 radical (unpaired) electrons. The highest BCUT2D eigenvalue weighted by Gasteiger charge is 2.52. The van der Waals surface area contributed by atoms with Crippen LogP contribution in [-0.4, -0.2) is 19.9 Å². The summed E-state index contributed by atoms with van der Waals surface area (Å²) in [4.78, 5) is 11.7. The molecular formula is C22H26N2O3S. The van der Waals surface area contributed by atoms with E-state index >= 15 is 0 Å². The standard InChI is InChI=1S/C22H26N2O3S/c1-14(25)23-21-4-2-3-18-10-19(5-6-20(18)21)28(26,27)24-22-11-15-7-16(12-22)9-17(8-15)13-22/h2-6,10,15-17,24H,7-9,11-13H2,1H3,(H,23,25). The largest absolute Gasteiger partial charge is 0.326 e. The smallest absolute Gasteiger partial charge is 0.241 e. The van der Waals surface area contributed by atoms with Gasteiger partial charge in [0.05, 0.1) is 4.90 Å². The summed E-state index contributed by atoms with van der Waals surface area (Å²) in [5, 5.41) is 4.45. The molecule has 4 bridgehead atoms. The molecule has 6 heteroatoms. The summed E-state index contributed by atoms with van der Waals surface area (Å²) in [6.45, 7) is 1.47. The predicted octanol–water partition coefficient (Wildman–Crippen LogP) is 4.05. The molecule has 0 heterocycles. The first-order valence-electron chi connectivity index (χ1n) is 10.2. The van der Waals surface area contributed by atoms with E-state index in [4.69, 9.17) is 0 Å². The lowest BCUT2D eigenvalue weighted by Gasteiger charge is -2.56. The number of anilines is 1. The van der Waals surface area contributed by atoms with Gasteiger partial charge in [-0.2, -0.15) is 0 Å². The van der Waals surface area contributed by atoms with Crippen molar-refractivity contribution in [1.82, 2.24) is 4.72 Å². The van der Waals surface area contributed by atoms with E-state index in [2.05, 4.69) is 10.0 Å². The van der Waals surface area contributed by atoms with E-state index in [1.807, 2.05) is 18.2 Å². The minimum Gasteiger partial charge on any atom is -0.326 e. The molecule has 1 amide bonds. The maximum absolute atomic E-state index is 13.2. The molecule has 148 valence electrons. The minimum atomic E-state index is -3.59. The number of benzene rings is 2. The molecule has 2 N–H and O–H groups in total. The summed E-state index contributed by atoms with van der Waals surface area (Å²) < 4.78 is 29.6. The van der Waals surface area contributed by atoms with Crippen molar-refractivity contribution in [3.63, 3.8) is 0 Å². The Morgan fingerprint density at radius 1 is 1.00 bits per heavy atom. The molecule has 0 aromatic heterocycles. The molecule has 4 aliphatic rings. The third kappa shape index (κ3) is 3.12. The molecule has 28 heavy (non-hydrogen) atoms. The Morgan fingerprint density at radius 3 is 2.25 bits per heavy atom. The van der Waals surface area contributed by atoms with Crippen LogP contribution in [0, 0.1) is 17.8 Å². The van der Waals surface area contributed by atoms with Gasteiger partial charge in [-0.05, 0) is 79.9 Å². The van der Waals surface area contributed by atoms with Crippen LogP contribution in [0.15, 0.2) is 41.3 Å². The van der Waals surface area contributed by atoms with Gasteiger partial charge in [-0.15, -0.1) is 0 Å². The Morgan fingerprint density at radius 2 is 1.64 bits per heavy atom. The van der Waals surface area contributed by atoms with Crippen molar-refractivity contribution >= 4 is 32.4 Å². The van der Waals surface area contributed by atoms with Crippen molar-refractivity contribution in [2.24, 2.45) is 17.8 Å². The highest BCUT2D eigenvalue weighted by Crippen LogP contribution is 2.56. The third-order valence-corrected chi connectivity index (χ3v) is 8.44. The Hall–Kier alpha value is -1.92. The number of carbonyl (C=O) groups excluding carboxylic acids is 1. The van der Waals surface area contributed by atoms with Crippen LogP contribution in [0.25, 0.3) is 10.8 Å². The molecule has 0 spiro atoms. The average Bonchev–Trinajstić information content (AvgIpc) is 2.59. The van der Waals surface area contributed by atoms with Crippen molar-refractivity contribution in [3.05, 3.63) is 36.4 Å². The zero-order valence-corrected chi connectivity index (χ0v) is 16.9. The van der Waals surface area contributed by atoms with Gasteiger partial charge in [0.25, 0.3) is 0 Å². The van der Waals surface area contributed by atoms with Gasteiger partial charge in [0.2, 0.25) is 15.9 Å². The summed E-state index contributed by atoms with van der Waals surface area (Å²) in [5.41, 5.74) is 0.448. The maximum atomic E-state index is 13.2. The fraction of sp³-hybridized carbons (Fsp3) is 0.500. The van der Waals surface area contributed by atoms with Crippen LogP contribution < -0.4 is 10.0 Å². The van der Waals surface area contributed by atoms with E-state index in [0.29, 0.717) is 28.3 Å². The topological polar surface area (TPSA) is 75.3 Å². The molecule has 0 aliphatic heterocycles. The van der Waals surface area contributed by atoms with Crippen LogP contribution in [0.2, 0.25) is 0 Å². The summed E-state index contributed by atoms with van der Waals surface area (Å²) in [7, 11) is -3.59. The first-order valence-corrected chi connectivity index (χ1v) is 11.6. The van der Waals surface area contributed by atoms with Gasteiger partial charge in [-0.3, -0.25) is 4.79 Å². The van der Waals surface area contributed by atoms with Crippen LogP contribution in [0.1, 0.15) is 45.4 Å². The lowest BCUT2D eigenvalue weighted by Crippen LogP contribution is -2.59. The van der Waals surface area contributed by atoms with E-state index in [9.17, 15) is 13.2 Å². The van der Waals surface area contributed by atoms with Gasteiger partial charge in [0, 0.05) is 23.5 Å². The molecule has 6 rings (SSSR count). The summed E-state index contributed by atoms with van der Waals surface area (Å²) in [6.07, 6.45) is 6.80. The molecule has 4 aliphatic carbocycles. The zero-order chi connectivity index (χ0) is 19.5. The third-order valence-electron chi connectivity index (χ3n) is 6.86. The molecule has 0 saturated heterocycles. The van der Waals surface area contributed by atoms with Gasteiger partial charge in [-0.1, -0.05) is 18.2 Å². The van der Waals surface area contributed by atoms with Crippen LogP contribution in [-0.2, 0) is 14.8 Å². The van der Waals surface area contributed by atoms with E-state index in [1.54, 1.807) is 18.2 Å². The molecule has 2 aromatic carbocycles. The van der Waals surface area contributed by atoms with Crippen LogP contribution in [0.4, 0.5) is 5.69 Å². The fourth-order valence-electron chi connectivity index (χ4n) is 6.31. The number of fused-ring (bicyclic) bond motifs is 1. The number of rotatable bonds is 4. The van der Waals surface area contributed by atoms with Crippen LogP contribution in [0.3, 0.4) is 0 Å². The summed E-state index contributed by atoms with van der Waals surface area (Å²) in [6, 6.07) is 10.7. The molecule has 4 saturated carbocycles. The number of nitrogens with one attached hydrogen (secondary N) is 2. The first-order chi connectivity index (χ1) is 13.3. The van der Waals surface area contributed by atoms with Gasteiger partial charge in [0.1, 0.15) is 0 Å². The van der Waals surface area contributed by atoms with Crippen LogP contribution >= 0.6 is 0 Å². The quantitative estimate of drug-likeness (QED) is 0.816. The highest BCUT2D eigenvalue weighted by molar-refractivity contribution is 7.89. The van der Waals surface area contributed by atoms with E-state index in [-0.39, 0.29) is 11.4 Å².